The molecule has 1 aromatic heterocycles. The van der Waals surface area contributed by atoms with Crippen molar-refractivity contribution in [2.24, 2.45) is 5.73 Å². The number of hydrogen-bond donors (Lipinski definition) is 1. The average molecular weight is 274 g/mol. The van der Waals surface area contributed by atoms with E-state index in [-0.39, 0.29) is 6.04 Å². The molecule has 0 spiro atoms. The van der Waals surface area contributed by atoms with E-state index in [1.54, 1.807) is 0 Å². The third kappa shape index (κ3) is 3.19. The molecule has 1 heterocycles. The van der Waals surface area contributed by atoms with Crippen LogP contribution < -0.4 is 5.73 Å². The van der Waals surface area contributed by atoms with Crippen molar-refractivity contribution in [3.8, 4) is 0 Å². The van der Waals surface area contributed by atoms with Gasteiger partial charge in [-0.2, -0.15) is 0 Å². The molecular formula is C16H26N4. The zero-order chi connectivity index (χ0) is 14.7. The van der Waals surface area contributed by atoms with Gasteiger partial charge in [0.05, 0.1) is 17.6 Å². The Balaban J connectivity index is 2.48. The minimum atomic E-state index is 0.180. The molecule has 0 aliphatic carbocycles. The monoisotopic (exact) mass is 274 g/mol. The summed E-state index contributed by atoms with van der Waals surface area (Å²) in [5.41, 5.74) is 9.77. The van der Waals surface area contributed by atoms with Crippen molar-refractivity contribution in [3.05, 3.63) is 29.6 Å². The van der Waals surface area contributed by atoms with Gasteiger partial charge in [0.15, 0.2) is 0 Å². The Morgan fingerprint density at radius 3 is 2.65 bits per heavy atom. The fourth-order valence-corrected chi connectivity index (χ4v) is 2.42. The SMILES string of the molecule is CCc1ccc2c(c1)nc(CN(C)C)n2CC(N)CC. The highest BCUT2D eigenvalue weighted by atomic mass is 15.2. The third-order valence-electron chi connectivity index (χ3n) is 3.70. The Hall–Kier alpha value is -1.39. The summed E-state index contributed by atoms with van der Waals surface area (Å²) in [7, 11) is 4.14. The quantitative estimate of drug-likeness (QED) is 0.880. The maximum absolute atomic E-state index is 6.15. The van der Waals surface area contributed by atoms with Crippen LogP contribution in [0.2, 0.25) is 0 Å². The van der Waals surface area contributed by atoms with Crippen molar-refractivity contribution in [3.63, 3.8) is 0 Å². The minimum Gasteiger partial charge on any atom is -0.326 e. The molecule has 0 saturated carbocycles. The van der Waals surface area contributed by atoms with Gasteiger partial charge in [0.1, 0.15) is 5.82 Å². The summed E-state index contributed by atoms with van der Waals surface area (Å²) in [5.74, 6) is 1.10. The number of aromatic nitrogens is 2. The predicted molar refractivity (Wildman–Crippen MR) is 84.8 cm³/mol. The highest BCUT2D eigenvalue weighted by Crippen LogP contribution is 2.20. The molecular weight excluding hydrogens is 248 g/mol. The van der Waals surface area contributed by atoms with Gasteiger partial charge in [-0.15, -0.1) is 0 Å². The Kier molecular flexibility index (Phi) is 4.78. The summed E-state index contributed by atoms with van der Waals surface area (Å²) in [5, 5.41) is 0. The second-order valence-corrected chi connectivity index (χ2v) is 5.72. The van der Waals surface area contributed by atoms with Gasteiger partial charge in [-0.1, -0.05) is 19.9 Å². The lowest BCUT2D eigenvalue weighted by molar-refractivity contribution is 0.377. The van der Waals surface area contributed by atoms with E-state index < -0.39 is 0 Å². The van der Waals surface area contributed by atoms with Crippen LogP contribution in [0.3, 0.4) is 0 Å². The Morgan fingerprint density at radius 1 is 1.30 bits per heavy atom. The second-order valence-electron chi connectivity index (χ2n) is 5.72. The number of nitrogens with two attached hydrogens (primary N) is 1. The summed E-state index contributed by atoms with van der Waals surface area (Å²) < 4.78 is 2.28. The van der Waals surface area contributed by atoms with Crippen LogP contribution in [0.25, 0.3) is 11.0 Å². The van der Waals surface area contributed by atoms with E-state index in [9.17, 15) is 0 Å². The van der Waals surface area contributed by atoms with Crippen molar-refractivity contribution < 1.29 is 0 Å². The van der Waals surface area contributed by atoms with E-state index >= 15 is 0 Å². The minimum absolute atomic E-state index is 0.180. The topological polar surface area (TPSA) is 47.1 Å². The molecule has 2 rings (SSSR count). The van der Waals surface area contributed by atoms with Crippen molar-refractivity contribution in [2.75, 3.05) is 14.1 Å². The Labute approximate surface area is 121 Å². The number of rotatable bonds is 6. The molecule has 0 amide bonds. The lowest BCUT2D eigenvalue weighted by Gasteiger charge is -2.16. The summed E-state index contributed by atoms with van der Waals surface area (Å²) >= 11 is 0. The normalized spacial score (nSPS) is 13.3. The molecule has 110 valence electrons. The highest BCUT2D eigenvalue weighted by Gasteiger charge is 2.13. The van der Waals surface area contributed by atoms with E-state index in [1.807, 2.05) is 0 Å². The molecule has 20 heavy (non-hydrogen) atoms. The average Bonchev–Trinajstić information content (AvgIpc) is 2.74. The van der Waals surface area contributed by atoms with Gasteiger partial charge >= 0.3 is 0 Å². The number of hydrogen-bond acceptors (Lipinski definition) is 3. The first kappa shape index (κ1) is 15.0. The van der Waals surface area contributed by atoms with Gasteiger partial charge < -0.3 is 15.2 Å². The molecule has 0 aliphatic rings. The maximum Gasteiger partial charge on any atom is 0.124 e. The number of imidazole rings is 1. The third-order valence-corrected chi connectivity index (χ3v) is 3.70. The van der Waals surface area contributed by atoms with E-state index in [0.717, 1.165) is 37.3 Å². The van der Waals surface area contributed by atoms with Crippen molar-refractivity contribution >= 4 is 11.0 Å². The summed E-state index contributed by atoms with van der Waals surface area (Å²) in [4.78, 5) is 6.96. The van der Waals surface area contributed by atoms with Gasteiger partial charge in [-0.3, -0.25) is 0 Å². The van der Waals surface area contributed by atoms with Gasteiger partial charge in [0.25, 0.3) is 0 Å². The van der Waals surface area contributed by atoms with Crippen LogP contribution in [-0.2, 0) is 19.5 Å². The van der Waals surface area contributed by atoms with Crippen LogP contribution in [0.4, 0.5) is 0 Å². The molecule has 2 N–H and O–H groups in total. The number of nitrogens with zero attached hydrogens (tertiary/aromatic N) is 3. The number of aryl methyl sites for hydroxylation is 1. The van der Waals surface area contributed by atoms with Gasteiger partial charge in [-0.25, -0.2) is 4.98 Å². The molecule has 0 saturated heterocycles. The van der Waals surface area contributed by atoms with Gasteiger partial charge in [0, 0.05) is 12.6 Å². The van der Waals surface area contributed by atoms with Crippen molar-refractivity contribution in [1.82, 2.24) is 14.5 Å². The smallest absolute Gasteiger partial charge is 0.124 e. The molecule has 0 fully saturated rings. The van der Waals surface area contributed by atoms with Crippen LogP contribution in [0.15, 0.2) is 18.2 Å². The Morgan fingerprint density at radius 2 is 2.05 bits per heavy atom. The van der Waals surface area contributed by atoms with Gasteiger partial charge in [0.2, 0.25) is 0 Å². The van der Waals surface area contributed by atoms with E-state index in [2.05, 4.69) is 55.6 Å². The summed E-state index contributed by atoms with van der Waals surface area (Å²) in [6.07, 6.45) is 2.02. The number of benzene rings is 1. The summed E-state index contributed by atoms with van der Waals surface area (Å²) in [6, 6.07) is 6.75. The lowest BCUT2D eigenvalue weighted by Crippen LogP contribution is -2.27. The standard InChI is InChI=1S/C16H26N4/c1-5-12-7-8-15-14(9-12)18-16(11-19(3)4)20(15)10-13(17)6-2/h7-9,13H,5-6,10-11,17H2,1-4H3. The van der Waals surface area contributed by atoms with Crippen LogP contribution in [-0.4, -0.2) is 34.6 Å². The van der Waals surface area contributed by atoms with Crippen LogP contribution >= 0.6 is 0 Å². The van der Waals surface area contributed by atoms with Crippen molar-refractivity contribution in [2.45, 2.75) is 45.8 Å². The van der Waals surface area contributed by atoms with E-state index in [0.29, 0.717) is 0 Å². The zero-order valence-corrected chi connectivity index (χ0v) is 13.1. The summed E-state index contributed by atoms with van der Waals surface area (Å²) in [6.45, 7) is 5.98. The first-order valence-corrected chi connectivity index (χ1v) is 7.43. The molecule has 0 bridgehead atoms. The fourth-order valence-electron chi connectivity index (χ4n) is 2.42. The molecule has 0 radical (unpaired) electrons. The van der Waals surface area contributed by atoms with Crippen molar-refractivity contribution in [1.29, 1.82) is 0 Å². The molecule has 1 atom stereocenters. The van der Waals surface area contributed by atoms with Gasteiger partial charge in [-0.05, 0) is 44.6 Å². The Bertz CT molecular complexity index is 571. The first-order valence-electron chi connectivity index (χ1n) is 7.43. The maximum atomic E-state index is 6.15. The van der Waals surface area contributed by atoms with Crippen LogP contribution in [0.5, 0.6) is 0 Å². The first-order chi connectivity index (χ1) is 9.55. The van der Waals surface area contributed by atoms with E-state index in [1.165, 1.54) is 11.1 Å². The molecule has 1 unspecified atom stereocenters. The van der Waals surface area contributed by atoms with E-state index in [4.69, 9.17) is 10.7 Å². The zero-order valence-electron chi connectivity index (χ0n) is 13.1. The van der Waals surface area contributed by atoms with Crippen LogP contribution in [0.1, 0.15) is 31.7 Å². The molecule has 1 aromatic carbocycles. The lowest BCUT2D eigenvalue weighted by atomic mass is 10.1. The fraction of sp³-hybridized carbons (Fsp3) is 0.562. The molecule has 4 heteroatoms. The highest BCUT2D eigenvalue weighted by molar-refractivity contribution is 5.77. The predicted octanol–water partition coefficient (Wildman–Crippen LogP) is 2.40. The largest absolute Gasteiger partial charge is 0.326 e. The number of fused-ring (bicyclic) bond motifs is 1. The van der Waals surface area contributed by atoms with Crippen LogP contribution in [0, 0.1) is 0 Å². The molecule has 0 aliphatic heterocycles. The molecule has 2 aromatic rings. The molecule has 4 nitrogen and oxygen atoms in total. The second kappa shape index (κ2) is 6.37.